The lowest BCUT2D eigenvalue weighted by Crippen LogP contribution is -3.13. The summed E-state index contributed by atoms with van der Waals surface area (Å²) in [5, 5.41) is 12.4. The highest BCUT2D eigenvalue weighted by atomic mass is 16.3. The van der Waals surface area contributed by atoms with Gasteiger partial charge in [0.15, 0.2) is 0 Å². The second kappa shape index (κ2) is 9.32. The molecule has 164 valence electrons. The van der Waals surface area contributed by atoms with Gasteiger partial charge in [-0.1, -0.05) is 72.3 Å². The van der Waals surface area contributed by atoms with Crippen LogP contribution in [0.2, 0.25) is 0 Å². The number of hydrogen-bond acceptors (Lipinski definition) is 1. The van der Waals surface area contributed by atoms with Gasteiger partial charge in [0, 0.05) is 16.5 Å². The van der Waals surface area contributed by atoms with Gasteiger partial charge in [-0.05, 0) is 49.4 Å². The van der Waals surface area contributed by atoms with Crippen molar-refractivity contribution in [1.82, 2.24) is 4.57 Å². The first-order chi connectivity index (χ1) is 15.7. The Labute approximate surface area is 190 Å². The second-order valence-electron chi connectivity index (χ2n) is 9.26. The zero-order chi connectivity index (χ0) is 21.9. The van der Waals surface area contributed by atoms with E-state index in [0.717, 1.165) is 6.54 Å². The molecule has 0 aliphatic carbocycles. The largest absolute Gasteiger partial charge is 0.385 e. The number of aromatic nitrogens is 1. The quantitative estimate of drug-likeness (QED) is 0.460. The topological polar surface area (TPSA) is 29.6 Å². The van der Waals surface area contributed by atoms with E-state index in [1.165, 1.54) is 71.2 Å². The third-order valence-corrected chi connectivity index (χ3v) is 6.81. The minimum atomic E-state index is -0.369. The molecule has 2 N–H and O–H groups in total. The van der Waals surface area contributed by atoms with E-state index in [4.69, 9.17) is 0 Å². The number of fused-ring (bicyclic) bond motifs is 1. The third-order valence-electron chi connectivity index (χ3n) is 6.81. The van der Waals surface area contributed by atoms with Crippen molar-refractivity contribution in [3.05, 3.63) is 84.4 Å². The average molecular weight is 426 g/mol. The molecule has 32 heavy (non-hydrogen) atoms. The maximum atomic E-state index is 11.2. The van der Waals surface area contributed by atoms with Gasteiger partial charge in [-0.25, -0.2) is 0 Å². The first kappa shape index (κ1) is 21.0. The molecular formula is C29H33N2O+. The molecule has 3 heteroatoms. The van der Waals surface area contributed by atoms with Gasteiger partial charge in [0.2, 0.25) is 0 Å². The van der Waals surface area contributed by atoms with Crippen molar-refractivity contribution in [1.29, 1.82) is 0 Å². The minimum Gasteiger partial charge on any atom is -0.385 e. The maximum absolute atomic E-state index is 11.2. The van der Waals surface area contributed by atoms with Crippen LogP contribution in [-0.4, -0.2) is 35.4 Å². The Hall–Kier alpha value is -2.88. The zero-order valence-corrected chi connectivity index (χ0v) is 18.9. The maximum Gasteiger partial charge on any atom is 0.121 e. The number of aryl methyl sites for hydroxylation is 1. The zero-order valence-electron chi connectivity index (χ0n) is 18.9. The van der Waals surface area contributed by atoms with E-state index in [2.05, 4.69) is 90.4 Å². The van der Waals surface area contributed by atoms with Crippen LogP contribution in [0.1, 0.15) is 24.8 Å². The van der Waals surface area contributed by atoms with Crippen molar-refractivity contribution in [3.63, 3.8) is 0 Å². The number of hydrogen-bond donors (Lipinski definition) is 2. The summed E-state index contributed by atoms with van der Waals surface area (Å²) in [6, 6.07) is 28.0. The first-order valence-corrected chi connectivity index (χ1v) is 12.0. The van der Waals surface area contributed by atoms with Crippen molar-refractivity contribution in [3.8, 4) is 22.4 Å². The van der Waals surface area contributed by atoms with Gasteiger partial charge in [-0.3, -0.25) is 0 Å². The van der Waals surface area contributed by atoms with E-state index in [-0.39, 0.29) is 6.10 Å². The van der Waals surface area contributed by atoms with Gasteiger partial charge in [0.05, 0.1) is 25.3 Å². The van der Waals surface area contributed by atoms with E-state index in [0.29, 0.717) is 6.54 Å². The lowest BCUT2D eigenvalue weighted by molar-refractivity contribution is -0.908. The highest BCUT2D eigenvalue weighted by Crippen LogP contribution is 2.41. The molecule has 0 bridgehead atoms. The fourth-order valence-electron chi connectivity index (χ4n) is 5.32. The molecule has 0 spiro atoms. The Morgan fingerprint density at radius 1 is 0.844 bits per heavy atom. The summed E-state index contributed by atoms with van der Waals surface area (Å²) in [7, 11) is 0. The summed E-state index contributed by atoms with van der Waals surface area (Å²) in [6.07, 6.45) is 3.52. The van der Waals surface area contributed by atoms with Crippen LogP contribution in [0.25, 0.3) is 33.3 Å². The molecule has 0 amide bonds. The number of quaternary nitrogens is 1. The predicted molar refractivity (Wildman–Crippen MR) is 133 cm³/mol. The lowest BCUT2D eigenvalue weighted by atomic mass is 9.97. The third kappa shape index (κ3) is 4.23. The predicted octanol–water partition coefficient (Wildman–Crippen LogP) is 4.71. The van der Waals surface area contributed by atoms with Gasteiger partial charge < -0.3 is 14.6 Å². The number of rotatable bonds is 6. The number of nitrogens with zero attached hydrogens (tertiary/aromatic N) is 1. The summed E-state index contributed by atoms with van der Waals surface area (Å²) < 4.78 is 2.36. The summed E-state index contributed by atoms with van der Waals surface area (Å²) >= 11 is 0. The standard InChI is InChI=1S/C29H32N2O/c1-22-15-16-27-26(19-22)28(23-11-5-2-6-12-23)29(24-13-7-3-8-14-24)31(27)21-25(32)20-30-17-9-4-10-18-30/h2-3,5-8,11-16,19,25,32H,4,9-10,17-18,20-21H2,1H3/p+1/t25-/m1/s1. The molecule has 4 aromatic rings. The minimum absolute atomic E-state index is 0.369. The van der Waals surface area contributed by atoms with Crippen molar-refractivity contribution in [2.75, 3.05) is 19.6 Å². The molecule has 0 radical (unpaired) electrons. The molecular weight excluding hydrogens is 392 g/mol. The van der Waals surface area contributed by atoms with Crippen molar-refractivity contribution < 1.29 is 10.0 Å². The molecule has 1 saturated heterocycles. The highest BCUT2D eigenvalue weighted by Gasteiger charge is 2.24. The first-order valence-electron chi connectivity index (χ1n) is 12.0. The fourth-order valence-corrected chi connectivity index (χ4v) is 5.32. The number of aliphatic hydroxyl groups excluding tert-OH is 1. The number of benzene rings is 3. The van der Waals surface area contributed by atoms with Gasteiger partial charge in [-0.15, -0.1) is 0 Å². The Morgan fingerprint density at radius 2 is 1.50 bits per heavy atom. The molecule has 0 unspecified atom stereocenters. The Bertz CT molecular complexity index is 1170. The van der Waals surface area contributed by atoms with Crippen LogP contribution in [-0.2, 0) is 6.54 Å². The van der Waals surface area contributed by atoms with E-state index in [1.54, 1.807) is 4.90 Å². The number of aliphatic hydroxyl groups is 1. The van der Waals surface area contributed by atoms with Crippen molar-refractivity contribution >= 4 is 10.9 Å². The number of likely N-dealkylation sites (tertiary alicyclic amines) is 1. The summed E-state index contributed by atoms with van der Waals surface area (Å²) in [4.78, 5) is 1.54. The summed E-state index contributed by atoms with van der Waals surface area (Å²) in [5.41, 5.74) is 7.32. The van der Waals surface area contributed by atoms with Crippen molar-refractivity contribution in [2.45, 2.75) is 38.8 Å². The van der Waals surface area contributed by atoms with Gasteiger partial charge in [0.1, 0.15) is 12.6 Å². The molecule has 3 nitrogen and oxygen atoms in total. The summed E-state index contributed by atoms with van der Waals surface area (Å²) in [6.45, 7) is 5.95. The Kier molecular flexibility index (Phi) is 6.11. The Balaban J connectivity index is 1.66. The highest BCUT2D eigenvalue weighted by molar-refractivity contribution is 6.04. The van der Waals surface area contributed by atoms with Crippen LogP contribution in [0, 0.1) is 6.92 Å². The van der Waals surface area contributed by atoms with Gasteiger partial charge in [-0.2, -0.15) is 0 Å². The van der Waals surface area contributed by atoms with Crippen molar-refractivity contribution in [2.24, 2.45) is 0 Å². The number of piperidine rings is 1. The van der Waals surface area contributed by atoms with Crippen LogP contribution in [0.15, 0.2) is 78.9 Å². The molecule has 0 saturated carbocycles. The molecule has 2 heterocycles. The Morgan fingerprint density at radius 3 is 2.19 bits per heavy atom. The van der Waals surface area contributed by atoms with Crippen LogP contribution >= 0.6 is 0 Å². The normalized spacial score (nSPS) is 15.8. The number of nitrogens with one attached hydrogen (secondary N) is 1. The molecule has 1 atom stereocenters. The van der Waals surface area contributed by atoms with Gasteiger partial charge in [0.25, 0.3) is 0 Å². The van der Waals surface area contributed by atoms with Crippen LogP contribution in [0.4, 0.5) is 0 Å². The van der Waals surface area contributed by atoms with Crippen LogP contribution in [0.5, 0.6) is 0 Å². The van der Waals surface area contributed by atoms with E-state index >= 15 is 0 Å². The molecule has 1 aliphatic heterocycles. The molecule has 1 aromatic heterocycles. The van der Waals surface area contributed by atoms with Gasteiger partial charge >= 0.3 is 0 Å². The molecule has 1 fully saturated rings. The fraction of sp³-hybridized carbons (Fsp3) is 0.310. The SMILES string of the molecule is Cc1ccc2c(c1)c(-c1ccccc1)c(-c1ccccc1)n2C[C@H](O)C[NH+]1CCCCC1. The lowest BCUT2D eigenvalue weighted by Gasteiger charge is -2.26. The summed E-state index contributed by atoms with van der Waals surface area (Å²) in [5.74, 6) is 0. The molecule has 5 rings (SSSR count). The average Bonchev–Trinajstić information content (AvgIpc) is 3.13. The second-order valence-corrected chi connectivity index (χ2v) is 9.26. The van der Waals surface area contributed by atoms with E-state index in [9.17, 15) is 5.11 Å². The van der Waals surface area contributed by atoms with E-state index in [1.807, 2.05) is 0 Å². The molecule has 1 aliphatic rings. The smallest absolute Gasteiger partial charge is 0.121 e. The van der Waals surface area contributed by atoms with E-state index < -0.39 is 0 Å². The van der Waals surface area contributed by atoms with Crippen LogP contribution < -0.4 is 4.90 Å². The van der Waals surface area contributed by atoms with Crippen LogP contribution in [0.3, 0.4) is 0 Å². The molecule has 3 aromatic carbocycles. The monoisotopic (exact) mass is 425 g/mol.